The van der Waals surface area contributed by atoms with Gasteiger partial charge in [0.1, 0.15) is 18.4 Å². The molecular weight excluding hydrogens is 290 g/mol. The normalized spacial score (nSPS) is 31.2. The van der Waals surface area contributed by atoms with E-state index in [0.717, 1.165) is 0 Å². The fourth-order valence-electron chi connectivity index (χ4n) is 2.50. The molecule has 1 N–H and O–H groups in total. The van der Waals surface area contributed by atoms with E-state index in [-0.39, 0.29) is 12.3 Å². The maximum atomic E-state index is 11.9. The Morgan fingerprint density at radius 2 is 2.05 bits per heavy atom. The van der Waals surface area contributed by atoms with E-state index in [4.69, 9.17) is 24.2 Å². The molecule has 1 aromatic rings. The number of hydrogen-bond acceptors (Lipinski definition) is 7. The second-order valence-electron chi connectivity index (χ2n) is 5.54. The monoisotopic (exact) mass is 307 g/mol. The number of esters is 1. The second-order valence-corrected chi connectivity index (χ2v) is 5.54. The third-order valence-electron chi connectivity index (χ3n) is 3.47. The summed E-state index contributed by atoms with van der Waals surface area (Å²) in [5, 5.41) is 12.4. The van der Waals surface area contributed by atoms with Crippen LogP contribution in [-0.4, -0.2) is 47.8 Å². The van der Waals surface area contributed by atoms with Gasteiger partial charge in [-0.3, -0.25) is 0 Å². The zero-order valence-electron chi connectivity index (χ0n) is 12.3. The predicted molar refractivity (Wildman–Crippen MR) is 74.6 cm³/mol. The van der Waals surface area contributed by atoms with Crippen molar-refractivity contribution in [2.45, 2.75) is 38.1 Å². The average molecular weight is 307 g/mol. The molecule has 0 unspecified atom stereocenters. The number of carbonyl (C=O) groups excluding carboxylic acids is 1. The molecule has 1 aromatic carbocycles. The molecule has 3 atom stereocenters. The van der Waals surface area contributed by atoms with Gasteiger partial charge >= 0.3 is 5.97 Å². The van der Waals surface area contributed by atoms with Crippen LogP contribution >= 0.6 is 0 Å². The lowest BCUT2D eigenvalue weighted by Gasteiger charge is -2.20. The van der Waals surface area contributed by atoms with E-state index < -0.39 is 30.3 Å². The molecule has 7 nitrogen and oxygen atoms in total. The topological polar surface area (TPSA) is 86.6 Å². The molecule has 0 saturated carbocycles. The van der Waals surface area contributed by atoms with Crippen LogP contribution in [0.4, 0.5) is 0 Å². The van der Waals surface area contributed by atoms with Gasteiger partial charge in [-0.1, -0.05) is 23.4 Å². The van der Waals surface area contributed by atoms with Gasteiger partial charge in [-0.05, 0) is 26.0 Å². The zero-order valence-corrected chi connectivity index (χ0v) is 12.3. The van der Waals surface area contributed by atoms with Gasteiger partial charge in [0.15, 0.2) is 18.2 Å². The summed E-state index contributed by atoms with van der Waals surface area (Å²) in [6.07, 6.45) is -1.95. The number of oxime groups is 1. The first-order chi connectivity index (χ1) is 10.5. The number of rotatable bonds is 3. The van der Waals surface area contributed by atoms with Crippen molar-refractivity contribution in [1.29, 1.82) is 0 Å². The Kier molecular flexibility index (Phi) is 3.86. The van der Waals surface area contributed by atoms with Crippen LogP contribution in [0, 0.1) is 0 Å². The SMILES string of the molecule is CC1(C)O[C@H]2O[C@H](COC(=O)c3ccccc3)/C(=N\O)[C@H]2O1. The Balaban J connectivity index is 1.62. The van der Waals surface area contributed by atoms with Crippen molar-refractivity contribution in [2.24, 2.45) is 5.16 Å². The fourth-order valence-corrected chi connectivity index (χ4v) is 2.50. The maximum absolute atomic E-state index is 11.9. The van der Waals surface area contributed by atoms with Crippen LogP contribution in [0.15, 0.2) is 35.5 Å². The van der Waals surface area contributed by atoms with E-state index in [0.29, 0.717) is 5.56 Å². The van der Waals surface area contributed by atoms with Crippen molar-refractivity contribution in [2.75, 3.05) is 6.61 Å². The third kappa shape index (κ3) is 2.83. The highest BCUT2D eigenvalue weighted by atomic mass is 16.8. The maximum Gasteiger partial charge on any atom is 0.338 e. The fraction of sp³-hybridized carbons (Fsp3) is 0.467. The van der Waals surface area contributed by atoms with Gasteiger partial charge < -0.3 is 24.2 Å². The highest BCUT2D eigenvalue weighted by Gasteiger charge is 2.53. The van der Waals surface area contributed by atoms with Gasteiger partial charge in [0, 0.05) is 0 Å². The molecule has 22 heavy (non-hydrogen) atoms. The molecule has 2 aliphatic heterocycles. The minimum absolute atomic E-state index is 0.0761. The van der Waals surface area contributed by atoms with E-state index in [1.807, 2.05) is 6.07 Å². The standard InChI is InChI=1S/C15H17NO6/c1-15(2)21-12-11(16-18)10(20-14(12)22-15)8-19-13(17)9-6-4-3-5-7-9/h3-7,10,12,14,18H,8H2,1-2H3/b16-11+/t10-,12-,14-/m1/s1. The Morgan fingerprint density at radius 1 is 1.32 bits per heavy atom. The Morgan fingerprint density at radius 3 is 2.73 bits per heavy atom. The Labute approximate surface area is 127 Å². The molecule has 118 valence electrons. The molecule has 2 fully saturated rings. The third-order valence-corrected chi connectivity index (χ3v) is 3.47. The quantitative estimate of drug-likeness (QED) is 0.518. The van der Waals surface area contributed by atoms with E-state index >= 15 is 0 Å². The number of hydrogen-bond donors (Lipinski definition) is 1. The molecule has 0 bridgehead atoms. The summed E-state index contributed by atoms with van der Waals surface area (Å²) in [6.45, 7) is 3.41. The molecule has 0 aliphatic carbocycles. The molecular formula is C15H17NO6. The van der Waals surface area contributed by atoms with Crippen molar-refractivity contribution < 1.29 is 28.9 Å². The summed E-state index contributed by atoms with van der Waals surface area (Å²) < 4.78 is 22.0. The minimum atomic E-state index is -0.809. The number of benzene rings is 1. The molecule has 7 heteroatoms. The van der Waals surface area contributed by atoms with Gasteiger partial charge in [-0.2, -0.15) is 0 Å². The zero-order chi connectivity index (χ0) is 15.7. The van der Waals surface area contributed by atoms with Crippen LogP contribution in [0.5, 0.6) is 0 Å². The summed E-state index contributed by atoms with van der Waals surface area (Å²) in [6, 6.07) is 8.62. The molecule has 0 spiro atoms. The minimum Gasteiger partial charge on any atom is -0.459 e. The van der Waals surface area contributed by atoms with Gasteiger partial charge in [0.2, 0.25) is 0 Å². The number of nitrogens with zero attached hydrogens (tertiary/aromatic N) is 1. The molecule has 0 amide bonds. The summed E-state index contributed by atoms with van der Waals surface area (Å²) in [5.41, 5.74) is 0.702. The van der Waals surface area contributed by atoms with Crippen molar-refractivity contribution >= 4 is 11.7 Å². The van der Waals surface area contributed by atoms with Crippen LogP contribution in [0.25, 0.3) is 0 Å². The summed E-state index contributed by atoms with van der Waals surface area (Å²) >= 11 is 0. The summed E-state index contributed by atoms with van der Waals surface area (Å²) in [5.74, 6) is -1.28. The highest BCUT2D eigenvalue weighted by molar-refractivity contribution is 5.95. The number of fused-ring (bicyclic) bond motifs is 1. The van der Waals surface area contributed by atoms with Crippen molar-refractivity contribution in [3.05, 3.63) is 35.9 Å². The van der Waals surface area contributed by atoms with Crippen molar-refractivity contribution in [3.63, 3.8) is 0 Å². The summed E-state index contributed by atoms with van der Waals surface area (Å²) in [4.78, 5) is 11.9. The van der Waals surface area contributed by atoms with Crippen LogP contribution in [0.2, 0.25) is 0 Å². The van der Waals surface area contributed by atoms with E-state index in [1.165, 1.54) is 0 Å². The average Bonchev–Trinajstić information content (AvgIpc) is 2.96. The lowest BCUT2D eigenvalue weighted by Crippen LogP contribution is -2.33. The summed E-state index contributed by atoms with van der Waals surface area (Å²) in [7, 11) is 0. The lowest BCUT2D eigenvalue weighted by molar-refractivity contribution is -0.199. The Bertz CT molecular complexity index is 585. The first kappa shape index (κ1) is 15.0. The smallest absolute Gasteiger partial charge is 0.338 e. The number of carbonyl (C=O) groups is 1. The number of ether oxygens (including phenoxy) is 4. The Hall–Kier alpha value is -1.96. The van der Waals surface area contributed by atoms with Crippen molar-refractivity contribution in [3.8, 4) is 0 Å². The van der Waals surface area contributed by atoms with Crippen LogP contribution in [-0.2, 0) is 18.9 Å². The predicted octanol–water partition coefficient (Wildman–Crippen LogP) is 1.55. The highest BCUT2D eigenvalue weighted by Crippen LogP contribution is 2.35. The lowest BCUT2D eigenvalue weighted by atomic mass is 10.1. The largest absolute Gasteiger partial charge is 0.459 e. The van der Waals surface area contributed by atoms with Crippen LogP contribution in [0.1, 0.15) is 24.2 Å². The first-order valence-corrected chi connectivity index (χ1v) is 6.95. The van der Waals surface area contributed by atoms with E-state index in [2.05, 4.69) is 5.16 Å². The van der Waals surface area contributed by atoms with E-state index in [1.54, 1.807) is 38.1 Å². The molecule has 0 aromatic heterocycles. The van der Waals surface area contributed by atoms with Gasteiger partial charge in [0.25, 0.3) is 0 Å². The van der Waals surface area contributed by atoms with Gasteiger partial charge in [0.05, 0.1) is 5.56 Å². The molecule has 2 aliphatic rings. The molecule has 2 heterocycles. The second kappa shape index (κ2) is 5.68. The molecule has 3 rings (SSSR count). The van der Waals surface area contributed by atoms with Gasteiger partial charge in [-0.15, -0.1) is 0 Å². The first-order valence-electron chi connectivity index (χ1n) is 6.95. The van der Waals surface area contributed by atoms with Crippen LogP contribution in [0.3, 0.4) is 0 Å². The molecule has 0 radical (unpaired) electrons. The van der Waals surface area contributed by atoms with Crippen LogP contribution < -0.4 is 0 Å². The van der Waals surface area contributed by atoms with Crippen molar-refractivity contribution in [1.82, 2.24) is 0 Å². The van der Waals surface area contributed by atoms with Gasteiger partial charge in [-0.25, -0.2) is 4.79 Å². The van der Waals surface area contributed by atoms with E-state index in [9.17, 15) is 4.79 Å². The molecule has 2 saturated heterocycles.